The monoisotopic (exact) mass is 570 g/mol. The molecule has 0 atom stereocenters. The van der Waals surface area contributed by atoms with E-state index in [1.165, 1.54) is 20.2 Å². The molecule has 0 bridgehead atoms. The van der Waals surface area contributed by atoms with Crippen molar-refractivity contribution in [2.75, 3.05) is 13.2 Å². The number of fused-ring (bicyclic) bond motifs is 1. The van der Waals surface area contributed by atoms with Crippen molar-refractivity contribution in [3.63, 3.8) is 0 Å². The van der Waals surface area contributed by atoms with Gasteiger partial charge in [-0.2, -0.15) is 4.98 Å². The van der Waals surface area contributed by atoms with Crippen LogP contribution in [0.15, 0.2) is 48.8 Å². The Labute approximate surface area is 235 Å². The average molecular weight is 571 g/mol. The quantitative estimate of drug-likeness (QED) is 0.217. The Balaban J connectivity index is 1.46. The molecule has 1 fully saturated rings. The Bertz CT molecular complexity index is 1530. The molecular formula is C28H28Cl2N4O5. The number of nitrogens with zero attached hydrogens (tertiary/aromatic N) is 4. The Hall–Kier alpha value is -3.40. The number of aliphatic carboxylic acids is 1. The fourth-order valence-electron chi connectivity index (χ4n) is 3.96. The fraction of sp³-hybridized carbons (Fsp3) is 0.357. The van der Waals surface area contributed by atoms with Gasteiger partial charge in [0.25, 0.3) is 0 Å². The maximum Gasteiger partial charge on any atom is 0.335 e. The van der Waals surface area contributed by atoms with Crippen molar-refractivity contribution in [2.24, 2.45) is 0 Å². The molecule has 9 nitrogen and oxygen atoms in total. The van der Waals surface area contributed by atoms with E-state index in [2.05, 4.69) is 9.97 Å². The van der Waals surface area contributed by atoms with E-state index in [1.807, 2.05) is 41.8 Å². The van der Waals surface area contributed by atoms with E-state index in [0.29, 0.717) is 50.8 Å². The minimum atomic E-state index is -1.30. The van der Waals surface area contributed by atoms with E-state index in [-0.39, 0.29) is 18.8 Å². The lowest BCUT2D eigenvalue weighted by Crippen LogP contribution is -2.36. The van der Waals surface area contributed by atoms with Crippen molar-refractivity contribution in [2.45, 2.75) is 51.4 Å². The number of hydrogen-bond acceptors (Lipinski definition) is 7. The number of carboxylic acids is 1. The summed E-state index contributed by atoms with van der Waals surface area (Å²) in [5, 5.41) is 10.2. The van der Waals surface area contributed by atoms with Crippen LogP contribution in [0.25, 0.3) is 22.6 Å². The maximum atomic E-state index is 11.2. The topological polar surface area (TPSA) is 109 Å². The SMILES string of the molecule is CC1(Oc2ncnc3c2nc(-c2ccc(OCCOC(C)(C)C(=O)O)cc2Cl)n3Cc2cccc(Cl)c2)CC1. The summed E-state index contributed by atoms with van der Waals surface area (Å²) in [7, 11) is 0. The second-order valence-electron chi connectivity index (χ2n) is 10.2. The summed E-state index contributed by atoms with van der Waals surface area (Å²) in [5.74, 6) is 0.509. The van der Waals surface area contributed by atoms with Crippen LogP contribution >= 0.6 is 23.2 Å². The molecule has 0 spiro atoms. The van der Waals surface area contributed by atoms with E-state index < -0.39 is 11.6 Å². The predicted octanol–water partition coefficient (Wildman–Crippen LogP) is 6.04. The number of carboxylic acid groups (broad SMARTS) is 1. The van der Waals surface area contributed by atoms with Crippen LogP contribution in [-0.2, 0) is 16.1 Å². The maximum absolute atomic E-state index is 11.2. The fourth-order valence-corrected chi connectivity index (χ4v) is 4.43. The zero-order chi connectivity index (χ0) is 27.8. The molecule has 2 heterocycles. The molecule has 0 unspecified atom stereocenters. The van der Waals surface area contributed by atoms with Crippen molar-refractivity contribution in [3.05, 3.63) is 64.4 Å². The number of rotatable bonds is 11. The van der Waals surface area contributed by atoms with Gasteiger partial charge in [-0.25, -0.2) is 14.8 Å². The third kappa shape index (κ3) is 6.11. The Morgan fingerprint density at radius 3 is 2.62 bits per heavy atom. The molecule has 1 aliphatic carbocycles. The van der Waals surface area contributed by atoms with Crippen LogP contribution in [0, 0.1) is 0 Å². The number of halogens is 2. The number of ether oxygens (including phenoxy) is 3. The minimum Gasteiger partial charge on any atom is -0.491 e. The lowest BCUT2D eigenvalue weighted by atomic mass is 10.1. The minimum absolute atomic E-state index is 0.106. The average Bonchev–Trinajstić information content (AvgIpc) is 3.50. The zero-order valence-corrected chi connectivity index (χ0v) is 23.3. The van der Waals surface area contributed by atoms with Crippen molar-refractivity contribution < 1.29 is 24.1 Å². The van der Waals surface area contributed by atoms with Gasteiger partial charge in [-0.15, -0.1) is 0 Å². The van der Waals surface area contributed by atoms with E-state index in [9.17, 15) is 9.90 Å². The van der Waals surface area contributed by atoms with Crippen LogP contribution in [0.1, 0.15) is 39.2 Å². The van der Waals surface area contributed by atoms with E-state index in [0.717, 1.165) is 18.4 Å². The third-order valence-electron chi connectivity index (χ3n) is 6.54. The lowest BCUT2D eigenvalue weighted by molar-refractivity contribution is -0.161. The van der Waals surface area contributed by atoms with Crippen LogP contribution in [0.3, 0.4) is 0 Å². The summed E-state index contributed by atoms with van der Waals surface area (Å²) in [6, 6.07) is 12.9. The van der Waals surface area contributed by atoms with Crippen LogP contribution in [0.4, 0.5) is 0 Å². The van der Waals surface area contributed by atoms with Crippen LogP contribution in [0.2, 0.25) is 10.0 Å². The van der Waals surface area contributed by atoms with Crippen molar-refractivity contribution in [1.29, 1.82) is 0 Å². The molecule has 2 aromatic heterocycles. The highest BCUT2D eigenvalue weighted by atomic mass is 35.5. The Morgan fingerprint density at radius 2 is 1.92 bits per heavy atom. The highest BCUT2D eigenvalue weighted by Crippen LogP contribution is 2.41. The van der Waals surface area contributed by atoms with Gasteiger partial charge >= 0.3 is 5.97 Å². The molecule has 39 heavy (non-hydrogen) atoms. The van der Waals surface area contributed by atoms with Gasteiger partial charge in [0.05, 0.1) is 18.2 Å². The second kappa shape index (κ2) is 10.6. The molecule has 0 amide bonds. The molecule has 2 aromatic carbocycles. The van der Waals surface area contributed by atoms with Gasteiger partial charge in [-0.1, -0.05) is 35.3 Å². The first-order valence-electron chi connectivity index (χ1n) is 12.5. The molecule has 1 aliphatic rings. The molecule has 0 aliphatic heterocycles. The summed E-state index contributed by atoms with van der Waals surface area (Å²) in [6.07, 6.45) is 3.40. The first kappa shape index (κ1) is 27.2. The van der Waals surface area contributed by atoms with Gasteiger partial charge in [0.15, 0.2) is 16.8 Å². The number of carbonyl (C=O) groups is 1. The molecular weight excluding hydrogens is 543 g/mol. The van der Waals surface area contributed by atoms with Crippen LogP contribution in [-0.4, -0.2) is 55.0 Å². The normalized spacial score (nSPS) is 14.4. The zero-order valence-electron chi connectivity index (χ0n) is 21.8. The van der Waals surface area contributed by atoms with Gasteiger partial charge in [0.1, 0.15) is 30.1 Å². The molecule has 1 N–H and O–H groups in total. The number of benzene rings is 2. The third-order valence-corrected chi connectivity index (χ3v) is 7.08. The molecule has 11 heteroatoms. The molecule has 5 rings (SSSR count). The predicted molar refractivity (Wildman–Crippen MR) is 148 cm³/mol. The van der Waals surface area contributed by atoms with Crippen molar-refractivity contribution in [1.82, 2.24) is 19.5 Å². The summed E-state index contributed by atoms with van der Waals surface area (Å²) in [6.45, 7) is 5.74. The van der Waals surface area contributed by atoms with E-state index in [4.69, 9.17) is 42.4 Å². The summed E-state index contributed by atoms with van der Waals surface area (Å²) < 4.78 is 19.3. The van der Waals surface area contributed by atoms with Gasteiger partial charge < -0.3 is 23.9 Å². The summed E-state index contributed by atoms with van der Waals surface area (Å²) in [4.78, 5) is 25.0. The number of aromatic nitrogens is 4. The number of hydrogen-bond donors (Lipinski definition) is 1. The van der Waals surface area contributed by atoms with E-state index in [1.54, 1.807) is 12.1 Å². The van der Waals surface area contributed by atoms with E-state index >= 15 is 0 Å². The smallest absolute Gasteiger partial charge is 0.335 e. The van der Waals surface area contributed by atoms with Crippen LogP contribution < -0.4 is 9.47 Å². The summed E-state index contributed by atoms with van der Waals surface area (Å²) >= 11 is 13.0. The van der Waals surface area contributed by atoms with Crippen molar-refractivity contribution >= 4 is 40.3 Å². The first-order chi connectivity index (χ1) is 18.5. The second-order valence-corrected chi connectivity index (χ2v) is 11.1. The highest BCUT2D eigenvalue weighted by Gasteiger charge is 2.41. The largest absolute Gasteiger partial charge is 0.491 e. The lowest BCUT2D eigenvalue weighted by Gasteiger charge is -2.20. The Kier molecular flexibility index (Phi) is 7.41. The Morgan fingerprint density at radius 1 is 1.13 bits per heavy atom. The molecule has 4 aromatic rings. The first-order valence-corrected chi connectivity index (χ1v) is 13.2. The molecule has 0 saturated heterocycles. The number of imidazole rings is 1. The van der Waals surface area contributed by atoms with Crippen LogP contribution in [0.5, 0.6) is 11.6 Å². The van der Waals surface area contributed by atoms with Gasteiger partial charge in [-0.3, -0.25) is 0 Å². The molecule has 204 valence electrons. The van der Waals surface area contributed by atoms with Gasteiger partial charge in [0, 0.05) is 10.6 Å². The molecule has 1 saturated carbocycles. The molecule has 0 radical (unpaired) electrons. The van der Waals surface area contributed by atoms with Gasteiger partial charge in [0.2, 0.25) is 5.88 Å². The van der Waals surface area contributed by atoms with Crippen molar-refractivity contribution in [3.8, 4) is 23.0 Å². The van der Waals surface area contributed by atoms with Gasteiger partial charge in [-0.05, 0) is 69.5 Å². The highest BCUT2D eigenvalue weighted by molar-refractivity contribution is 6.33. The summed E-state index contributed by atoms with van der Waals surface area (Å²) in [5.41, 5.74) is 1.29. The standard InChI is InChI=1S/C28H28Cl2N4O5/c1-27(2,26(35)36)38-12-11-37-19-7-8-20(21(30)14-19)23-33-22-24(31-16-32-25(22)39-28(3)9-10-28)34(23)15-17-5-4-6-18(29)13-17/h4-8,13-14,16H,9-12,15H2,1-3H3,(H,35,36).